The zero-order valence-electron chi connectivity index (χ0n) is 20.5. The summed E-state index contributed by atoms with van der Waals surface area (Å²) in [7, 11) is 1.47. The SMILES string of the molecule is COc1ccc(C(C)=O)cc1CC(=O)NC(C(=O)NCC(=O)CNC(=O)C(C)(C)C)C(C)C. The fraction of sp³-hybridized carbons (Fsp3) is 0.542. The minimum atomic E-state index is -0.864. The number of carbonyl (C=O) groups is 5. The molecule has 0 spiro atoms. The van der Waals surface area contributed by atoms with Gasteiger partial charge in [0.05, 0.1) is 26.6 Å². The monoisotopic (exact) mass is 461 g/mol. The molecular weight excluding hydrogens is 426 g/mol. The maximum Gasteiger partial charge on any atom is 0.243 e. The van der Waals surface area contributed by atoms with Crippen LogP contribution < -0.4 is 20.7 Å². The van der Waals surface area contributed by atoms with E-state index in [9.17, 15) is 24.0 Å². The number of nitrogens with one attached hydrogen (secondary N) is 3. The van der Waals surface area contributed by atoms with Gasteiger partial charge in [0.2, 0.25) is 17.7 Å². The lowest BCUT2D eigenvalue weighted by molar-refractivity contribution is -0.132. The van der Waals surface area contributed by atoms with Crippen molar-refractivity contribution in [1.82, 2.24) is 16.0 Å². The van der Waals surface area contributed by atoms with Gasteiger partial charge in [0.25, 0.3) is 0 Å². The fourth-order valence-electron chi connectivity index (χ4n) is 2.87. The fourth-order valence-corrected chi connectivity index (χ4v) is 2.87. The minimum absolute atomic E-state index is 0.0848. The average Bonchev–Trinajstić information content (AvgIpc) is 2.72. The number of benzene rings is 1. The summed E-state index contributed by atoms with van der Waals surface area (Å²) in [5, 5.41) is 7.74. The second kappa shape index (κ2) is 12.1. The van der Waals surface area contributed by atoms with Crippen LogP contribution in [0.5, 0.6) is 5.75 Å². The van der Waals surface area contributed by atoms with E-state index in [0.29, 0.717) is 16.9 Å². The molecule has 0 aliphatic carbocycles. The quantitative estimate of drug-likeness (QED) is 0.427. The molecule has 0 bridgehead atoms. The van der Waals surface area contributed by atoms with Gasteiger partial charge < -0.3 is 20.7 Å². The van der Waals surface area contributed by atoms with Crippen LogP contribution in [-0.4, -0.2) is 55.5 Å². The van der Waals surface area contributed by atoms with E-state index in [4.69, 9.17) is 4.74 Å². The molecule has 33 heavy (non-hydrogen) atoms. The molecule has 0 heterocycles. The Hall–Kier alpha value is -3.23. The van der Waals surface area contributed by atoms with Crippen LogP contribution in [0.25, 0.3) is 0 Å². The van der Waals surface area contributed by atoms with Gasteiger partial charge in [-0.15, -0.1) is 0 Å². The normalized spacial score (nSPS) is 12.0. The minimum Gasteiger partial charge on any atom is -0.496 e. The third kappa shape index (κ3) is 9.03. The van der Waals surface area contributed by atoms with Crippen LogP contribution in [0.15, 0.2) is 18.2 Å². The van der Waals surface area contributed by atoms with E-state index in [1.54, 1.807) is 52.8 Å². The Morgan fingerprint density at radius 2 is 1.61 bits per heavy atom. The van der Waals surface area contributed by atoms with Crippen molar-refractivity contribution in [3.05, 3.63) is 29.3 Å². The maximum atomic E-state index is 12.6. The summed E-state index contributed by atoms with van der Waals surface area (Å²) in [6, 6.07) is 3.97. The predicted octanol–water partition coefficient (Wildman–Crippen LogP) is 1.43. The number of ether oxygens (including phenoxy) is 1. The first kappa shape index (κ1) is 27.8. The second-order valence-electron chi connectivity index (χ2n) is 9.24. The Morgan fingerprint density at radius 1 is 1.00 bits per heavy atom. The molecule has 1 aromatic carbocycles. The highest BCUT2D eigenvalue weighted by molar-refractivity contribution is 5.95. The van der Waals surface area contributed by atoms with E-state index in [0.717, 1.165) is 0 Å². The molecule has 0 aliphatic heterocycles. The number of hydrogen-bond acceptors (Lipinski definition) is 6. The predicted molar refractivity (Wildman–Crippen MR) is 124 cm³/mol. The van der Waals surface area contributed by atoms with Gasteiger partial charge in [-0.3, -0.25) is 24.0 Å². The molecule has 0 aromatic heterocycles. The van der Waals surface area contributed by atoms with Crippen LogP contribution in [0.3, 0.4) is 0 Å². The standard InChI is InChI=1S/C24H35N3O6/c1-14(2)21(22(31)25-12-18(29)13-26-23(32)24(4,5)6)27-20(30)11-17-10-16(15(3)28)8-9-19(17)33-7/h8-10,14,21H,11-13H2,1-7H3,(H,25,31)(H,26,32)(H,27,30). The molecule has 9 heteroatoms. The zero-order chi connectivity index (χ0) is 25.3. The molecule has 0 fully saturated rings. The summed E-state index contributed by atoms with van der Waals surface area (Å²) in [4.78, 5) is 60.8. The first-order chi connectivity index (χ1) is 15.3. The molecule has 9 nitrogen and oxygen atoms in total. The van der Waals surface area contributed by atoms with Crippen molar-refractivity contribution in [3.8, 4) is 5.75 Å². The van der Waals surface area contributed by atoms with Crippen molar-refractivity contribution in [2.24, 2.45) is 11.3 Å². The average molecular weight is 462 g/mol. The third-order valence-electron chi connectivity index (χ3n) is 4.89. The van der Waals surface area contributed by atoms with Crippen molar-refractivity contribution in [1.29, 1.82) is 0 Å². The molecule has 182 valence electrons. The molecule has 3 N–H and O–H groups in total. The van der Waals surface area contributed by atoms with Crippen molar-refractivity contribution < 1.29 is 28.7 Å². The third-order valence-corrected chi connectivity index (χ3v) is 4.89. The number of Topliss-reactive ketones (excluding diaryl/α,β-unsaturated/α-hetero) is 2. The highest BCUT2D eigenvalue weighted by Crippen LogP contribution is 2.21. The van der Waals surface area contributed by atoms with Gasteiger partial charge in [0, 0.05) is 16.5 Å². The summed E-state index contributed by atoms with van der Waals surface area (Å²) >= 11 is 0. The Morgan fingerprint density at radius 3 is 2.12 bits per heavy atom. The molecule has 1 unspecified atom stereocenters. The maximum absolute atomic E-state index is 12.6. The molecule has 0 aliphatic rings. The van der Waals surface area contributed by atoms with Crippen LogP contribution >= 0.6 is 0 Å². The van der Waals surface area contributed by atoms with Gasteiger partial charge >= 0.3 is 0 Å². The van der Waals surface area contributed by atoms with Crippen LogP contribution in [0.4, 0.5) is 0 Å². The molecule has 0 saturated heterocycles. The number of hydrogen-bond donors (Lipinski definition) is 3. The smallest absolute Gasteiger partial charge is 0.243 e. The van der Waals surface area contributed by atoms with E-state index < -0.39 is 23.3 Å². The van der Waals surface area contributed by atoms with Gasteiger partial charge in [0.15, 0.2) is 11.6 Å². The van der Waals surface area contributed by atoms with E-state index >= 15 is 0 Å². The summed E-state index contributed by atoms with van der Waals surface area (Å²) in [5.41, 5.74) is 0.354. The molecule has 1 rings (SSSR count). The largest absolute Gasteiger partial charge is 0.496 e. The summed E-state index contributed by atoms with van der Waals surface area (Å²) in [6.45, 7) is 9.71. The molecule has 0 radical (unpaired) electrons. The number of rotatable bonds is 11. The van der Waals surface area contributed by atoms with E-state index in [2.05, 4.69) is 16.0 Å². The lowest BCUT2D eigenvalue weighted by Crippen LogP contribution is -2.51. The molecular formula is C24H35N3O6. The molecule has 3 amide bonds. The van der Waals surface area contributed by atoms with Crippen molar-refractivity contribution >= 4 is 29.3 Å². The summed E-state index contributed by atoms with van der Waals surface area (Å²) in [6.07, 6.45) is -0.0848. The molecule has 1 atom stereocenters. The lowest BCUT2D eigenvalue weighted by Gasteiger charge is -2.22. The zero-order valence-corrected chi connectivity index (χ0v) is 20.5. The van der Waals surface area contributed by atoms with Crippen molar-refractivity contribution in [3.63, 3.8) is 0 Å². The number of methoxy groups -OCH3 is 1. The second-order valence-corrected chi connectivity index (χ2v) is 9.24. The number of amides is 3. The van der Waals surface area contributed by atoms with E-state index in [1.165, 1.54) is 14.0 Å². The molecule has 1 aromatic rings. The van der Waals surface area contributed by atoms with Crippen LogP contribution in [0.1, 0.15) is 57.5 Å². The number of carbonyl (C=O) groups excluding carboxylic acids is 5. The van der Waals surface area contributed by atoms with Crippen LogP contribution in [-0.2, 0) is 25.6 Å². The van der Waals surface area contributed by atoms with E-state index in [-0.39, 0.29) is 42.9 Å². The number of ketones is 2. The van der Waals surface area contributed by atoms with Crippen molar-refractivity contribution in [2.75, 3.05) is 20.2 Å². The highest BCUT2D eigenvalue weighted by Gasteiger charge is 2.26. The van der Waals surface area contributed by atoms with Crippen LogP contribution in [0.2, 0.25) is 0 Å². The topological polar surface area (TPSA) is 131 Å². The van der Waals surface area contributed by atoms with E-state index in [1.807, 2.05) is 0 Å². The Kier molecular flexibility index (Phi) is 10.2. The first-order valence-electron chi connectivity index (χ1n) is 10.8. The van der Waals surface area contributed by atoms with Gasteiger partial charge in [-0.25, -0.2) is 0 Å². The Labute approximate surface area is 195 Å². The van der Waals surface area contributed by atoms with Crippen molar-refractivity contribution in [2.45, 2.75) is 54.0 Å². The van der Waals surface area contributed by atoms with Crippen LogP contribution in [0, 0.1) is 11.3 Å². The van der Waals surface area contributed by atoms with Gasteiger partial charge in [0.1, 0.15) is 11.8 Å². The lowest BCUT2D eigenvalue weighted by atomic mass is 9.96. The summed E-state index contributed by atoms with van der Waals surface area (Å²) < 4.78 is 5.27. The van der Waals surface area contributed by atoms with Gasteiger partial charge in [-0.2, -0.15) is 0 Å². The van der Waals surface area contributed by atoms with Gasteiger partial charge in [-0.05, 0) is 31.0 Å². The highest BCUT2D eigenvalue weighted by atomic mass is 16.5. The first-order valence-corrected chi connectivity index (χ1v) is 10.8. The van der Waals surface area contributed by atoms with Gasteiger partial charge in [-0.1, -0.05) is 34.6 Å². The summed E-state index contributed by atoms with van der Waals surface area (Å²) in [5.74, 6) is -1.47. The Bertz CT molecular complexity index is 902. The Balaban J connectivity index is 2.72. The molecule has 0 saturated carbocycles.